The molecule has 2 aromatic heterocycles. The Labute approximate surface area is 183 Å². The van der Waals surface area contributed by atoms with E-state index in [1.165, 1.54) is 18.2 Å². The van der Waals surface area contributed by atoms with Crippen LogP contribution in [0.3, 0.4) is 0 Å². The topological polar surface area (TPSA) is 96.4 Å². The van der Waals surface area contributed by atoms with Crippen LogP contribution in [0.25, 0.3) is 10.9 Å². The monoisotopic (exact) mass is 445 g/mol. The molecule has 0 aliphatic carbocycles. The molecule has 0 bridgehead atoms. The Kier molecular flexibility index (Phi) is 6.12. The molecule has 1 aromatic carbocycles. The van der Waals surface area contributed by atoms with Gasteiger partial charge in [0.2, 0.25) is 0 Å². The number of aliphatic hydroxyl groups excluding tert-OH is 1. The predicted molar refractivity (Wildman–Crippen MR) is 115 cm³/mol. The second-order valence-electron chi connectivity index (χ2n) is 8.05. The Morgan fingerprint density at radius 3 is 2.81 bits per heavy atom. The van der Waals surface area contributed by atoms with Crippen molar-refractivity contribution in [3.63, 3.8) is 0 Å². The summed E-state index contributed by atoms with van der Waals surface area (Å²) >= 11 is 0. The van der Waals surface area contributed by atoms with E-state index in [0.29, 0.717) is 48.1 Å². The van der Waals surface area contributed by atoms with E-state index >= 15 is 0 Å². The summed E-state index contributed by atoms with van der Waals surface area (Å²) in [6, 6.07) is 6.62. The number of pyridine rings is 1. The number of carbonyl (C=O) groups excluding carboxylic acids is 1. The highest BCUT2D eigenvalue weighted by atomic mass is 19.3. The lowest BCUT2D eigenvalue weighted by molar-refractivity contribution is -0.0556. The summed E-state index contributed by atoms with van der Waals surface area (Å²) in [7, 11) is 0. The molecule has 1 fully saturated rings. The molecule has 0 spiro atoms. The minimum Gasteiger partial charge on any atom is -0.390 e. The van der Waals surface area contributed by atoms with Crippen LogP contribution in [0, 0.1) is 0 Å². The van der Waals surface area contributed by atoms with Crippen molar-refractivity contribution in [2.45, 2.75) is 37.8 Å². The van der Waals surface area contributed by atoms with Gasteiger partial charge in [-0.15, -0.1) is 0 Å². The Hall–Kier alpha value is -3.04. The van der Waals surface area contributed by atoms with Crippen molar-refractivity contribution in [1.82, 2.24) is 14.9 Å². The molecule has 3 N–H and O–H groups in total. The third-order valence-electron chi connectivity index (χ3n) is 5.93. The molecule has 3 aromatic rings. The van der Waals surface area contributed by atoms with Crippen LogP contribution in [0.5, 0.6) is 0 Å². The fourth-order valence-corrected chi connectivity index (χ4v) is 4.06. The number of nitrogens with one attached hydrogen (secondary N) is 2. The Bertz CT molecular complexity index is 1180. The van der Waals surface area contributed by atoms with Crippen LogP contribution in [-0.2, 0) is 10.7 Å². The zero-order chi connectivity index (χ0) is 22.9. The van der Waals surface area contributed by atoms with Crippen molar-refractivity contribution in [1.29, 1.82) is 0 Å². The quantitative estimate of drug-likeness (QED) is 0.543. The van der Waals surface area contributed by atoms with E-state index in [-0.39, 0.29) is 17.2 Å². The van der Waals surface area contributed by atoms with Gasteiger partial charge in [-0.25, -0.2) is 0 Å². The number of hydrogen-bond acceptors (Lipinski definition) is 4. The molecule has 1 amide bonds. The van der Waals surface area contributed by atoms with Gasteiger partial charge in [-0.05, 0) is 37.5 Å². The maximum atomic E-state index is 13.9. The second kappa shape index (κ2) is 8.84. The SMILES string of the molecule is C[C@@H](NC(=O)c1cn(C2CCOCC2)c(=O)c2cc[nH]c12)c1cccc(C(F)(F)CO)c1. The number of H-pyrrole nitrogens is 1. The fraction of sp³-hybridized carbons (Fsp3) is 0.391. The van der Waals surface area contributed by atoms with Gasteiger partial charge in [0, 0.05) is 37.2 Å². The van der Waals surface area contributed by atoms with E-state index in [1.807, 2.05) is 0 Å². The van der Waals surface area contributed by atoms with Gasteiger partial charge in [0.1, 0.15) is 6.61 Å². The molecule has 1 aliphatic heterocycles. The Balaban J connectivity index is 1.64. The Morgan fingerprint density at radius 2 is 2.09 bits per heavy atom. The van der Waals surface area contributed by atoms with Gasteiger partial charge < -0.3 is 24.7 Å². The minimum absolute atomic E-state index is 0.0584. The first kappa shape index (κ1) is 22.2. The smallest absolute Gasteiger partial charge is 0.295 e. The lowest BCUT2D eigenvalue weighted by Crippen LogP contribution is -2.32. The molecule has 4 rings (SSSR count). The highest BCUT2D eigenvalue weighted by molar-refractivity contribution is 6.05. The number of aliphatic hydroxyl groups is 1. The van der Waals surface area contributed by atoms with Gasteiger partial charge in [0.05, 0.1) is 22.5 Å². The molecule has 0 radical (unpaired) electrons. The Morgan fingerprint density at radius 1 is 1.34 bits per heavy atom. The number of hydrogen-bond donors (Lipinski definition) is 3. The molecular weight excluding hydrogens is 420 g/mol. The number of carbonyl (C=O) groups is 1. The van der Waals surface area contributed by atoms with Crippen LogP contribution in [0.4, 0.5) is 8.78 Å². The summed E-state index contributed by atoms with van der Waals surface area (Å²) in [5, 5.41) is 12.2. The number of aromatic amines is 1. The number of benzene rings is 1. The third-order valence-corrected chi connectivity index (χ3v) is 5.93. The second-order valence-corrected chi connectivity index (χ2v) is 8.05. The molecule has 0 unspecified atom stereocenters. The zero-order valence-electron chi connectivity index (χ0n) is 17.6. The summed E-state index contributed by atoms with van der Waals surface area (Å²) in [6.45, 7) is 1.50. The molecule has 1 saturated heterocycles. The summed E-state index contributed by atoms with van der Waals surface area (Å²) in [4.78, 5) is 29.1. The zero-order valence-corrected chi connectivity index (χ0v) is 17.6. The molecule has 7 nitrogen and oxygen atoms in total. The van der Waals surface area contributed by atoms with E-state index in [1.54, 1.807) is 36.0 Å². The molecule has 1 aliphatic rings. The van der Waals surface area contributed by atoms with E-state index in [9.17, 15) is 18.4 Å². The molecule has 0 saturated carbocycles. The molecule has 1 atom stereocenters. The number of alkyl halides is 2. The van der Waals surface area contributed by atoms with Crippen LogP contribution in [-0.4, -0.2) is 40.4 Å². The van der Waals surface area contributed by atoms with Crippen molar-refractivity contribution in [3.05, 3.63) is 69.8 Å². The third kappa shape index (κ3) is 4.18. The minimum atomic E-state index is -3.37. The van der Waals surface area contributed by atoms with Crippen molar-refractivity contribution in [2.24, 2.45) is 0 Å². The van der Waals surface area contributed by atoms with Crippen molar-refractivity contribution >= 4 is 16.8 Å². The van der Waals surface area contributed by atoms with Crippen LogP contribution < -0.4 is 10.9 Å². The molecule has 9 heteroatoms. The first-order valence-electron chi connectivity index (χ1n) is 10.5. The maximum absolute atomic E-state index is 13.9. The molecule has 3 heterocycles. The number of nitrogens with zero attached hydrogens (tertiary/aromatic N) is 1. The average Bonchev–Trinajstić information content (AvgIpc) is 3.30. The van der Waals surface area contributed by atoms with Crippen LogP contribution in [0.2, 0.25) is 0 Å². The van der Waals surface area contributed by atoms with Gasteiger partial charge in [0.15, 0.2) is 0 Å². The predicted octanol–water partition coefficient (Wildman–Crippen LogP) is 3.26. The molecular formula is C23H25F2N3O4. The number of amides is 1. The average molecular weight is 445 g/mol. The maximum Gasteiger partial charge on any atom is 0.295 e. The van der Waals surface area contributed by atoms with Crippen LogP contribution in [0.15, 0.2) is 47.5 Å². The van der Waals surface area contributed by atoms with Gasteiger partial charge in [0.25, 0.3) is 17.4 Å². The van der Waals surface area contributed by atoms with E-state index < -0.39 is 24.5 Å². The summed E-state index contributed by atoms with van der Waals surface area (Å²) in [5.74, 6) is -3.79. The first-order valence-corrected chi connectivity index (χ1v) is 10.5. The number of aromatic nitrogens is 2. The van der Waals surface area contributed by atoms with E-state index in [0.717, 1.165) is 0 Å². The first-order chi connectivity index (χ1) is 15.3. The van der Waals surface area contributed by atoms with Gasteiger partial charge >= 0.3 is 0 Å². The number of halogens is 2. The molecule has 170 valence electrons. The molecule has 32 heavy (non-hydrogen) atoms. The summed E-state index contributed by atoms with van der Waals surface area (Å²) in [5.41, 5.74) is 0.725. The largest absolute Gasteiger partial charge is 0.390 e. The number of fused-ring (bicyclic) bond motifs is 1. The van der Waals surface area contributed by atoms with Crippen molar-refractivity contribution in [3.8, 4) is 0 Å². The standard InChI is InChI=1S/C23H25F2N3O4/c1-14(15-3-2-4-16(11-15)23(24,25)13-29)27-21(30)19-12-28(17-6-9-32-10-7-17)22(31)18-5-8-26-20(18)19/h2-5,8,11-12,14,17,26,29H,6-7,9-10,13H2,1H3,(H,27,30)/t14-/m1/s1. The number of rotatable bonds is 6. The fourth-order valence-electron chi connectivity index (χ4n) is 4.06. The highest BCUT2D eigenvalue weighted by Gasteiger charge is 2.31. The van der Waals surface area contributed by atoms with E-state index in [2.05, 4.69) is 10.3 Å². The van der Waals surface area contributed by atoms with Gasteiger partial charge in [-0.2, -0.15) is 8.78 Å². The summed E-state index contributed by atoms with van der Waals surface area (Å²) < 4.78 is 34.7. The number of ether oxygens (including phenoxy) is 1. The highest BCUT2D eigenvalue weighted by Crippen LogP contribution is 2.29. The van der Waals surface area contributed by atoms with Crippen LogP contribution in [0.1, 0.15) is 53.3 Å². The summed E-state index contributed by atoms with van der Waals surface area (Å²) in [6.07, 6.45) is 4.54. The van der Waals surface area contributed by atoms with Crippen molar-refractivity contribution in [2.75, 3.05) is 19.8 Å². The van der Waals surface area contributed by atoms with E-state index in [4.69, 9.17) is 9.84 Å². The van der Waals surface area contributed by atoms with Gasteiger partial charge in [-0.3, -0.25) is 9.59 Å². The van der Waals surface area contributed by atoms with Crippen LogP contribution >= 0.6 is 0 Å². The van der Waals surface area contributed by atoms with Crippen molar-refractivity contribution < 1.29 is 23.4 Å². The van der Waals surface area contributed by atoms with Gasteiger partial charge in [-0.1, -0.05) is 18.2 Å². The normalized spacial score (nSPS) is 16.2. The lowest BCUT2D eigenvalue weighted by Gasteiger charge is -2.25. The lowest BCUT2D eigenvalue weighted by atomic mass is 10.0.